The molecule has 0 aliphatic heterocycles. The van der Waals surface area contributed by atoms with Crippen molar-refractivity contribution in [1.29, 1.82) is 0 Å². The summed E-state index contributed by atoms with van der Waals surface area (Å²) in [5.74, 6) is 0. The molecule has 2 heterocycles. The van der Waals surface area contributed by atoms with E-state index in [9.17, 15) is 0 Å². The van der Waals surface area contributed by atoms with E-state index in [0.717, 1.165) is 25.2 Å². The molecule has 0 saturated heterocycles. The number of pyridine rings is 1. The van der Waals surface area contributed by atoms with Crippen LogP contribution < -0.4 is 0 Å². The Balaban J connectivity index is 1.72. The first kappa shape index (κ1) is 16.4. The summed E-state index contributed by atoms with van der Waals surface area (Å²) >= 11 is 0. The Morgan fingerprint density at radius 2 is 1.79 bits per heavy atom. The zero-order valence-corrected chi connectivity index (χ0v) is 14.3. The van der Waals surface area contributed by atoms with Crippen LogP contribution in [-0.4, -0.2) is 25.5 Å². The summed E-state index contributed by atoms with van der Waals surface area (Å²) in [6.07, 6.45) is 10.5. The molecule has 1 atom stereocenters. The number of benzene rings is 1. The maximum atomic E-state index is 4.23. The van der Waals surface area contributed by atoms with Crippen molar-refractivity contribution in [3.63, 3.8) is 0 Å². The molecule has 0 aliphatic carbocycles. The summed E-state index contributed by atoms with van der Waals surface area (Å²) in [5.41, 5.74) is 3.72. The van der Waals surface area contributed by atoms with E-state index in [2.05, 4.69) is 59.0 Å². The highest BCUT2D eigenvalue weighted by Gasteiger charge is 2.13. The van der Waals surface area contributed by atoms with Gasteiger partial charge in [0.15, 0.2) is 0 Å². The fourth-order valence-electron chi connectivity index (χ4n) is 2.77. The summed E-state index contributed by atoms with van der Waals surface area (Å²) in [6, 6.07) is 13.4. The molecule has 3 aromatic rings. The van der Waals surface area contributed by atoms with Crippen molar-refractivity contribution >= 4 is 0 Å². The van der Waals surface area contributed by atoms with Crippen LogP contribution in [0.3, 0.4) is 0 Å². The van der Waals surface area contributed by atoms with Crippen molar-refractivity contribution < 1.29 is 0 Å². The van der Waals surface area contributed by atoms with E-state index in [1.807, 2.05) is 35.6 Å². The van der Waals surface area contributed by atoms with Crippen LogP contribution in [0.4, 0.5) is 0 Å². The van der Waals surface area contributed by atoms with Gasteiger partial charge < -0.3 is 4.57 Å². The maximum Gasteiger partial charge on any atom is 0.0991 e. The van der Waals surface area contributed by atoms with E-state index in [1.54, 1.807) is 6.20 Å². The third-order valence-corrected chi connectivity index (χ3v) is 4.45. The second kappa shape index (κ2) is 7.88. The van der Waals surface area contributed by atoms with Crippen molar-refractivity contribution in [2.45, 2.75) is 39.4 Å². The van der Waals surface area contributed by atoms with Gasteiger partial charge in [-0.3, -0.25) is 9.88 Å². The van der Waals surface area contributed by atoms with Gasteiger partial charge in [-0.25, -0.2) is 4.98 Å². The highest BCUT2D eigenvalue weighted by atomic mass is 15.1. The monoisotopic (exact) mass is 320 g/mol. The summed E-state index contributed by atoms with van der Waals surface area (Å²) in [6.45, 7) is 6.39. The fraction of sp³-hybridized carbons (Fsp3) is 0.300. The van der Waals surface area contributed by atoms with E-state index < -0.39 is 0 Å². The van der Waals surface area contributed by atoms with Gasteiger partial charge in [0.1, 0.15) is 0 Å². The molecule has 0 N–H and O–H groups in total. The number of imidazole rings is 1. The van der Waals surface area contributed by atoms with Gasteiger partial charge >= 0.3 is 0 Å². The molecule has 4 nitrogen and oxygen atoms in total. The normalized spacial score (nSPS) is 12.5. The molecule has 1 aromatic carbocycles. The molecule has 24 heavy (non-hydrogen) atoms. The average molecular weight is 320 g/mol. The lowest BCUT2D eigenvalue weighted by atomic mass is 10.1. The Bertz CT molecular complexity index is 720. The van der Waals surface area contributed by atoms with E-state index in [0.29, 0.717) is 6.04 Å². The molecular formula is C20H24N4. The minimum Gasteiger partial charge on any atom is -0.306 e. The first-order valence-corrected chi connectivity index (χ1v) is 8.46. The second-order valence-electron chi connectivity index (χ2n) is 6.16. The molecule has 0 aliphatic rings. The summed E-state index contributed by atoms with van der Waals surface area (Å²) in [4.78, 5) is 10.8. The fourth-order valence-corrected chi connectivity index (χ4v) is 2.77. The van der Waals surface area contributed by atoms with Gasteiger partial charge in [-0.1, -0.05) is 25.1 Å². The van der Waals surface area contributed by atoms with Crippen molar-refractivity contribution in [2.24, 2.45) is 0 Å². The van der Waals surface area contributed by atoms with E-state index >= 15 is 0 Å². The Labute approximate surface area is 143 Å². The SMILES string of the molecule is CC[C@H](C)N(Cc1ccc(-n2ccnc2)cc1)Cc1cccnc1. The lowest BCUT2D eigenvalue weighted by Gasteiger charge is -2.28. The van der Waals surface area contributed by atoms with Crippen molar-refractivity contribution in [1.82, 2.24) is 19.4 Å². The molecule has 0 radical (unpaired) electrons. The van der Waals surface area contributed by atoms with Crippen LogP contribution >= 0.6 is 0 Å². The van der Waals surface area contributed by atoms with Crippen LogP contribution in [0.25, 0.3) is 5.69 Å². The third kappa shape index (κ3) is 4.09. The first-order valence-electron chi connectivity index (χ1n) is 8.46. The Kier molecular flexibility index (Phi) is 5.39. The lowest BCUT2D eigenvalue weighted by Crippen LogP contribution is -2.31. The first-order chi connectivity index (χ1) is 11.8. The quantitative estimate of drug-likeness (QED) is 0.658. The molecule has 0 fully saturated rings. The van der Waals surface area contributed by atoms with Crippen LogP contribution in [-0.2, 0) is 13.1 Å². The van der Waals surface area contributed by atoms with E-state index in [-0.39, 0.29) is 0 Å². The number of hydrogen-bond donors (Lipinski definition) is 0. The lowest BCUT2D eigenvalue weighted by molar-refractivity contribution is 0.186. The number of hydrogen-bond acceptors (Lipinski definition) is 3. The van der Waals surface area contributed by atoms with Gasteiger partial charge in [-0.05, 0) is 42.7 Å². The van der Waals surface area contributed by atoms with Crippen molar-refractivity contribution in [2.75, 3.05) is 0 Å². The zero-order chi connectivity index (χ0) is 16.8. The summed E-state index contributed by atoms with van der Waals surface area (Å²) in [5, 5.41) is 0. The van der Waals surface area contributed by atoms with Crippen LogP contribution in [0.2, 0.25) is 0 Å². The molecule has 124 valence electrons. The van der Waals surface area contributed by atoms with E-state index in [4.69, 9.17) is 0 Å². The van der Waals surface area contributed by atoms with Crippen LogP contribution in [0.5, 0.6) is 0 Å². The van der Waals surface area contributed by atoms with Gasteiger partial charge in [0.05, 0.1) is 6.33 Å². The smallest absolute Gasteiger partial charge is 0.0991 e. The van der Waals surface area contributed by atoms with Crippen molar-refractivity contribution in [3.8, 4) is 5.69 Å². The van der Waals surface area contributed by atoms with Gasteiger partial charge in [0, 0.05) is 49.6 Å². The molecule has 3 rings (SSSR count). The summed E-state index contributed by atoms with van der Waals surface area (Å²) in [7, 11) is 0. The topological polar surface area (TPSA) is 34.0 Å². The Morgan fingerprint density at radius 3 is 2.42 bits per heavy atom. The van der Waals surface area contributed by atoms with Crippen LogP contribution in [0.15, 0.2) is 67.5 Å². The van der Waals surface area contributed by atoms with Gasteiger partial charge in [0.25, 0.3) is 0 Å². The maximum absolute atomic E-state index is 4.23. The van der Waals surface area contributed by atoms with E-state index in [1.165, 1.54) is 11.1 Å². The third-order valence-electron chi connectivity index (χ3n) is 4.45. The molecule has 0 spiro atoms. The molecule has 4 heteroatoms. The molecule has 0 amide bonds. The molecule has 2 aromatic heterocycles. The largest absolute Gasteiger partial charge is 0.306 e. The Hall–Kier alpha value is -2.46. The molecule has 0 saturated carbocycles. The highest BCUT2D eigenvalue weighted by Crippen LogP contribution is 2.16. The molecular weight excluding hydrogens is 296 g/mol. The molecule has 0 bridgehead atoms. The van der Waals surface area contributed by atoms with Gasteiger partial charge in [-0.15, -0.1) is 0 Å². The summed E-state index contributed by atoms with van der Waals surface area (Å²) < 4.78 is 2.02. The van der Waals surface area contributed by atoms with Crippen molar-refractivity contribution in [3.05, 3.63) is 78.6 Å². The molecule has 0 unspecified atom stereocenters. The predicted molar refractivity (Wildman–Crippen MR) is 96.8 cm³/mol. The highest BCUT2D eigenvalue weighted by molar-refractivity contribution is 5.34. The zero-order valence-electron chi connectivity index (χ0n) is 14.3. The minimum absolute atomic E-state index is 0.526. The minimum atomic E-state index is 0.526. The number of nitrogens with zero attached hydrogens (tertiary/aromatic N) is 4. The van der Waals surface area contributed by atoms with Gasteiger partial charge in [-0.2, -0.15) is 0 Å². The van der Waals surface area contributed by atoms with Gasteiger partial charge in [0.2, 0.25) is 0 Å². The Morgan fingerprint density at radius 1 is 1.00 bits per heavy atom. The van der Waals surface area contributed by atoms with Crippen LogP contribution in [0, 0.1) is 0 Å². The number of aromatic nitrogens is 3. The standard InChI is InChI=1S/C20H24N4/c1-3-17(2)24(15-19-5-4-10-21-13-19)14-18-6-8-20(9-7-18)23-12-11-22-16-23/h4-13,16-17H,3,14-15H2,1-2H3/t17-/m0/s1. The number of rotatable bonds is 7. The predicted octanol–water partition coefficient (Wildman–Crippen LogP) is 4.07. The second-order valence-corrected chi connectivity index (χ2v) is 6.16. The van der Waals surface area contributed by atoms with Crippen LogP contribution in [0.1, 0.15) is 31.4 Å². The average Bonchev–Trinajstić information content (AvgIpc) is 3.16.